The van der Waals surface area contributed by atoms with Gasteiger partial charge in [-0.25, -0.2) is 9.78 Å². The zero-order valence-electron chi connectivity index (χ0n) is 12.5. The highest BCUT2D eigenvalue weighted by Gasteiger charge is 2.31. The third kappa shape index (κ3) is 3.36. The topological polar surface area (TPSA) is 61.0 Å². The van der Waals surface area contributed by atoms with Crippen molar-refractivity contribution in [2.45, 2.75) is 49.3 Å². The summed E-state index contributed by atoms with van der Waals surface area (Å²) in [7, 11) is 0. The fourth-order valence-corrected chi connectivity index (χ4v) is 4.44. The van der Waals surface area contributed by atoms with Gasteiger partial charge < -0.3 is 15.2 Å². The van der Waals surface area contributed by atoms with Crippen LogP contribution in [0.5, 0.6) is 0 Å². The number of thioether (sulfide) groups is 1. The molecule has 5 nitrogen and oxygen atoms in total. The van der Waals surface area contributed by atoms with Crippen molar-refractivity contribution in [2.24, 2.45) is 0 Å². The summed E-state index contributed by atoms with van der Waals surface area (Å²) in [4.78, 5) is 22.0. The van der Waals surface area contributed by atoms with Gasteiger partial charge in [0.2, 0.25) is 0 Å². The summed E-state index contributed by atoms with van der Waals surface area (Å²) in [6.45, 7) is 1.63. The van der Waals surface area contributed by atoms with Gasteiger partial charge in [0.15, 0.2) is 0 Å². The molecule has 1 saturated carbocycles. The third-order valence-corrected chi connectivity index (χ3v) is 5.85. The van der Waals surface area contributed by atoms with Crippen LogP contribution in [0.4, 0.5) is 4.79 Å². The molecule has 3 atom stereocenters. The number of hydrogen-bond donors (Lipinski definition) is 2. The van der Waals surface area contributed by atoms with E-state index in [1.165, 1.54) is 12.8 Å². The minimum absolute atomic E-state index is 0.109. The molecule has 1 aromatic heterocycles. The molecule has 2 N–H and O–H groups in total. The number of carbonyl (C=O) groups is 1. The number of nitrogens with zero attached hydrogens (tertiary/aromatic N) is 2. The largest absolute Gasteiger partial charge is 0.348 e. The molecule has 1 aliphatic carbocycles. The number of rotatable bonds is 3. The van der Waals surface area contributed by atoms with E-state index in [2.05, 4.69) is 21.5 Å². The van der Waals surface area contributed by atoms with Gasteiger partial charge in [-0.15, -0.1) is 0 Å². The summed E-state index contributed by atoms with van der Waals surface area (Å²) in [6, 6.07) is 0.452. The van der Waals surface area contributed by atoms with E-state index in [-0.39, 0.29) is 6.03 Å². The maximum atomic E-state index is 12.5. The first-order valence-electron chi connectivity index (χ1n) is 7.85. The van der Waals surface area contributed by atoms with Crippen molar-refractivity contribution in [3.8, 4) is 0 Å². The molecule has 21 heavy (non-hydrogen) atoms. The highest BCUT2D eigenvalue weighted by atomic mass is 32.2. The summed E-state index contributed by atoms with van der Waals surface area (Å²) in [5.41, 5.74) is 0. The minimum Gasteiger partial charge on any atom is -0.348 e. The van der Waals surface area contributed by atoms with E-state index in [1.54, 1.807) is 6.20 Å². The van der Waals surface area contributed by atoms with Crippen LogP contribution in [-0.4, -0.2) is 51.5 Å². The Morgan fingerprint density at radius 2 is 2.33 bits per heavy atom. The van der Waals surface area contributed by atoms with Crippen LogP contribution in [0.15, 0.2) is 12.4 Å². The van der Waals surface area contributed by atoms with Crippen LogP contribution < -0.4 is 5.32 Å². The first kappa shape index (κ1) is 14.8. The van der Waals surface area contributed by atoms with E-state index >= 15 is 0 Å². The molecule has 0 bridgehead atoms. The van der Waals surface area contributed by atoms with Crippen molar-refractivity contribution >= 4 is 17.8 Å². The predicted molar refractivity (Wildman–Crippen MR) is 85.6 cm³/mol. The lowest BCUT2D eigenvalue weighted by molar-refractivity contribution is 0.175. The predicted octanol–water partition coefficient (Wildman–Crippen LogP) is 2.58. The SMILES string of the molecule is CS[C@@H]1CCC[C@@H]1NC(=O)N1CCC[C@@H](c2ncc[nH]2)C1. The lowest BCUT2D eigenvalue weighted by Crippen LogP contribution is -2.49. The zero-order chi connectivity index (χ0) is 14.7. The summed E-state index contributed by atoms with van der Waals surface area (Å²) in [6.07, 6.45) is 11.5. The number of hydrogen-bond acceptors (Lipinski definition) is 3. The second-order valence-corrected chi connectivity index (χ2v) is 7.10. The van der Waals surface area contributed by atoms with Crippen LogP contribution in [0.25, 0.3) is 0 Å². The Labute approximate surface area is 130 Å². The molecule has 1 aromatic rings. The van der Waals surface area contributed by atoms with Crippen molar-refractivity contribution in [2.75, 3.05) is 19.3 Å². The van der Waals surface area contributed by atoms with Gasteiger partial charge in [-0.1, -0.05) is 6.42 Å². The van der Waals surface area contributed by atoms with Crippen LogP contribution in [0.1, 0.15) is 43.8 Å². The Hall–Kier alpha value is -1.17. The summed E-state index contributed by atoms with van der Waals surface area (Å²) in [5, 5.41) is 3.83. The highest BCUT2D eigenvalue weighted by molar-refractivity contribution is 7.99. The molecule has 116 valence electrons. The normalized spacial score (nSPS) is 29.6. The fraction of sp³-hybridized carbons (Fsp3) is 0.733. The Balaban J connectivity index is 1.57. The van der Waals surface area contributed by atoms with Crippen LogP contribution in [0.2, 0.25) is 0 Å². The summed E-state index contributed by atoms with van der Waals surface area (Å²) < 4.78 is 0. The van der Waals surface area contributed by atoms with E-state index in [4.69, 9.17) is 0 Å². The highest BCUT2D eigenvalue weighted by Crippen LogP contribution is 2.29. The standard InChI is InChI=1S/C15H24N4OS/c1-21-13-6-2-5-12(13)18-15(20)19-9-3-4-11(10-19)14-16-7-8-17-14/h7-8,11-13H,2-6,9-10H2,1H3,(H,16,17)(H,18,20)/t11-,12+,13-/m1/s1. The molecular formula is C15H24N4OS. The molecule has 2 heterocycles. The summed E-state index contributed by atoms with van der Waals surface area (Å²) in [5.74, 6) is 1.36. The van der Waals surface area contributed by atoms with E-state index < -0.39 is 0 Å². The molecule has 3 rings (SSSR count). The molecule has 2 amide bonds. The Morgan fingerprint density at radius 3 is 3.10 bits per heavy atom. The smallest absolute Gasteiger partial charge is 0.317 e. The van der Waals surface area contributed by atoms with Gasteiger partial charge in [-0.05, 0) is 31.9 Å². The third-order valence-electron chi connectivity index (χ3n) is 4.68. The number of urea groups is 1. The lowest BCUT2D eigenvalue weighted by Gasteiger charge is -2.33. The minimum atomic E-state index is 0.109. The number of imidazole rings is 1. The van der Waals surface area contributed by atoms with E-state index in [0.29, 0.717) is 17.2 Å². The average Bonchev–Trinajstić information content (AvgIpc) is 3.18. The van der Waals surface area contributed by atoms with Crippen LogP contribution in [0, 0.1) is 0 Å². The zero-order valence-corrected chi connectivity index (χ0v) is 13.4. The number of carbonyl (C=O) groups excluding carboxylic acids is 1. The first-order valence-corrected chi connectivity index (χ1v) is 9.14. The number of aromatic nitrogens is 2. The van der Waals surface area contributed by atoms with Gasteiger partial charge in [-0.2, -0.15) is 11.8 Å². The van der Waals surface area contributed by atoms with Crippen molar-refractivity contribution in [3.05, 3.63) is 18.2 Å². The van der Waals surface area contributed by atoms with Gasteiger partial charge in [0.05, 0.1) is 0 Å². The number of amides is 2. The molecule has 0 radical (unpaired) electrons. The molecule has 2 aliphatic rings. The van der Waals surface area contributed by atoms with Crippen LogP contribution in [-0.2, 0) is 0 Å². The second kappa shape index (κ2) is 6.73. The molecular weight excluding hydrogens is 284 g/mol. The lowest BCUT2D eigenvalue weighted by atomic mass is 9.97. The van der Waals surface area contributed by atoms with E-state index in [0.717, 1.165) is 38.2 Å². The second-order valence-electron chi connectivity index (χ2n) is 6.02. The first-order chi connectivity index (χ1) is 10.3. The number of piperidine rings is 1. The van der Waals surface area contributed by atoms with Crippen molar-refractivity contribution in [1.29, 1.82) is 0 Å². The molecule has 0 unspecified atom stereocenters. The fourth-order valence-electron chi connectivity index (χ4n) is 3.51. The molecule has 0 spiro atoms. The Kier molecular flexibility index (Phi) is 4.73. The van der Waals surface area contributed by atoms with Crippen LogP contribution >= 0.6 is 11.8 Å². The van der Waals surface area contributed by atoms with Crippen molar-refractivity contribution in [3.63, 3.8) is 0 Å². The van der Waals surface area contributed by atoms with E-state index in [1.807, 2.05) is 22.9 Å². The molecule has 6 heteroatoms. The molecule has 1 aliphatic heterocycles. The van der Waals surface area contributed by atoms with Crippen LogP contribution in [0.3, 0.4) is 0 Å². The summed E-state index contributed by atoms with van der Waals surface area (Å²) >= 11 is 1.88. The van der Waals surface area contributed by atoms with Gasteiger partial charge in [0.1, 0.15) is 5.82 Å². The maximum absolute atomic E-state index is 12.5. The van der Waals surface area contributed by atoms with Gasteiger partial charge in [0, 0.05) is 42.7 Å². The number of nitrogens with one attached hydrogen (secondary N) is 2. The monoisotopic (exact) mass is 308 g/mol. The number of H-pyrrole nitrogens is 1. The van der Waals surface area contributed by atoms with E-state index in [9.17, 15) is 4.79 Å². The van der Waals surface area contributed by atoms with Crippen molar-refractivity contribution < 1.29 is 4.79 Å². The quantitative estimate of drug-likeness (QED) is 0.902. The Morgan fingerprint density at radius 1 is 1.43 bits per heavy atom. The van der Waals surface area contributed by atoms with Crippen molar-refractivity contribution in [1.82, 2.24) is 20.2 Å². The maximum Gasteiger partial charge on any atom is 0.317 e. The average molecular weight is 308 g/mol. The Bertz CT molecular complexity index is 464. The number of aromatic amines is 1. The molecule has 0 aromatic carbocycles. The van der Waals surface area contributed by atoms with Gasteiger partial charge >= 0.3 is 6.03 Å². The van der Waals surface area contributed by atoms with Gasteiger partial charge in [-0.3, -0.25) is 0 Å². The number of likely N-dealkylation sites (tertiary alicyclic amines) is 1. The molecule has 1 saturated heterocycles. The van der Waals surface area contributed by atoms with Gasteiger partial charge in [0.25, 0.3) is 0 Å². The molecule has 2 fully saturated rings.